The zero-order chi connectivity index (χ0) is 20.8. The highest BCUT2D eigenvalue weighted by Gasteiger charge is 2.21. The SMILES string of the molecule is O=C(CN(CCN1CCOCC1)C(=O)c1ccc2ccccc2c1)Nc1nccs1. The van der Waals surface area contributed by atoms with E-state index in [1.165, 1.54) is 11.3 Å². The Bertz CT molecular complexity index is 1000. The summed E-state index contributed by atoms with van der Waals surface area (Å²) in [6.07, 6.45) is 1.64. The van der Waals surface area contributed by atoms with Gasteiger partial charge in [-0.3, -0.25) is 14.5 Å². The van der Waals surface area contributed by atoms with Crippen LogP contribution in [0, 0.1) is 0 Å². The standard InChI is InChI=1S/C22H24N4O3S/c27-20(24-22-23-7-14-30-22)16-26(9-8-25-10-12-29-13-11-25)21(28)19-6-5-17-3-1-2-4-18(17)15-19/h1-7,14-15H,8-13,16H2,(H,23,24,27). The Morgan fingerprint density at radius 3 is 2.70 bits per heavy atom. The van der Waals surface area contributed by atoms with Crippen LogP contribution in [0.5, 0.6) is 0 Å². The third-order valence-corrected chi connectivity index (χ3v) is 5.78. The number of benzene rings is 2. The lowest BCUT2D eigenvalue weighted by molar-refractivity contribution is -0.117. The molecule has 1 fully saturated rings. The molecule has 0 saturated carbocycles. The minimum absolute atomic E-state index is 0.0183. The number of morpholine rings is 1. The van der Waals surface area contributed by atoms with Gasteiger partial charge in [0, 0.05) is 43.3 Å². The molecule has 0 atom stereocenters. The molecule has 4 rings (SSSR count). The predicted octanol–water partition coefficient (Wildman–Crippen LogP) is 2.71. The summed E-state index contributed by atoms with van der Waals surface area (Å²) >= 11 is 1.35. The first kappa shape index (κ1) is 20.5. The summed E-state index contributed by atoms with van der Waals surface area (Å²) < 4.78 is 5.40. The number of carbonyl (C=O) groups is 2. The van der Waals surface area contributed by atoms with E-state index in [0.717, 1.165) is 23.9 Å². The number of rotatable bonds is 7. The molecular weight excluding hydrogens is 400 g/mol. The summed E-state index contributed by atoms with van der Waals surface area (Å²) in [5.41, 5.74) is 0.581. The molecule has 1 aliphatic heterocycles. The summed E-state index contributed by atoms with van der Waals surface area (Å²) in [6.45, 7) is 4.22. The smallest absolute Gasteiger partial charge is 0.254 e. The van der Waals surface area contributed by atoms with E-state index in [4.69, 9.17) is 4.74 Å². The lowest BCUT2D eigenvalue weighted by Crippen LogP contribution is -2.45. The van der Waals surface area contributed by atoms with Gasteiger partial charge in [0.25, 0.3) is 5.91 Å². The quantitative estimate of drug-likeness (QED) is 0.631. The van der Waals surface area contributed by atoms with E-state index in [0.29, 0.717) is 37.0 Å². The zero-order valence-electron chi connectivity index (χ0n) is 16.6. The van der Waals surface area contributed by atoms with Gasteiger partial charge in [-0.05, 0) is 22.9 Å². The number of carbonyl (C=O) groups excluding carboxylic acids is 2. The maximum absolute atomic E-state index is 13.3. The average Bonchev–Trinajstić information content (AvgIpc) is 3.29. The Kier molecular flexibility index (Phi) is 6.68. The fourth-order valence-corrected chi connectivity index (χ4v) is 4.01. The molecule has 0 radical (unpaired) electrons. The first-order valence-electron chi connectivity index (χ1n) is 9.96. The number of fused-ring (bicyclic) bond motifs is 1. The van der Waals surface area contributed by atoms with Crippen LogP contribution < -0.4 is 5.32 Å². The molecule has 2 aromatic carbocycles. The Morgan fingerprint density at radius 1 is 1.13 bits per heavy atom. The van der Waals surface area contributed by atoms with Gasteiger partial charge >= 0.3 is 0 Å². The molecule has 156 valence electrons. The number of nitrogens with zero attached hydrogens (tertiary/aromatic N) is 3. The van der Waals surface area contributed by atoms with Gasteiger partial charge in [0.15, 0.2) is 5.13 Å². The lowest BCUT2D eigenvalue weighted by Gasteiger charge is -2.30. The number of nitrogens with one attached hydrogen (secondary N) is 1. The van der Waals surface area contributed by atoms with Gasteiger partial charge in [-0.2, -0.15) is 0 Å². The fraction of sp³-hybridized carbons (Fsp3) is 0.318. The van der Waals surface area contributed by atoms with Gasteiger partial charge in [-0.1, -0.05) is 30.3 Å². The van der Waals surface area contributed by atoms with Gasteiger partial charge in [0.05, 0.1) is 13.2 Å². The fourth-order valence-electron chi connectivity index (χ4n) is 3.46. The van der Waals surface area contributed by atoms with Crippen molar-refractivity contribution in [3.63, 3.8) is 0 Å². The molecule has 1 aliphatic rings. The van der Waals surface area contributed by atoms with Crippen molar-refractivity contribution in [2.45, 2.75) is 0 Å². The third kappa shape index (κ3) is 5.21. The summed E-state index contributed by atoms with van der Waals surface area (Å²) in [7, 11) is 0. The number of hydrogen-bond donors (Lipinski definition) is 1. The molecule has 30 heavy (non-hydrogen) atoms. The maximum Gasteiger partial charge on any atom is 0.254 e. The van der Waals surface area contributed by atoms with E-state index in [2.05, 4.69) is 15.2 Å². The number of anilines is 1. The van der Waals surface area contributed by atoms with Crippen LogP contribution in [0.1, 0.15) is 10.4 Å². The van der Waals surface area contributed by atoms with Crippen molar-refractivity contribution in [1.29, 1.82) is 0 Å². The van der Waals surface area contributed by atoms with Gasteiger partial charge < -0.3 is 15.0 Å². The van der Waals surface area contributed by atoms with Crippen molar-refractivity contribution < 1.29 is 14.3 Å². The van der Waals surface area contributed by atoms with Crippen LogP contribution in [0.4, 0.5) is 5.13 Å². The summed E-state index contributed by atoms with van der Waals surface area (Å²) in [5, 5.41) is 7.18. The second-order valence-corrected chi connectivity index (χ2v) is 8.02. The summed E-state index contributed by atoms with van der Waals surface area (Å²) in [5.74, 6) is -0.399. The topological polar surface area (TPSA) is 74.8 Å². The van der Waals surface area contributed by atoms with E-state index in [9.17, 15) is 9.59 Å². The van der Waals surface area contributed by atoms with Crippen LogP contribution in [0.3, 0.4) is 0 Å². The maximum atomic E-state index is 13.3. The number of ether oxygens (including phenoxy) is 1. The van der Waals surface area contributed by atoms with Crippen molar-refractivity contribution in [2.24, 2.45) is 0 Å². The summed E-state index contributed by atoms with van der Waals surface area (Å²) in [4.78, 5) is 33.8. The first-order valence-corrected chi connectivity index (χ1v) is 10.8. The normalized spacial score (nSPS) is 14.5. The zero-order valence-corrected chi connectivity index (χ0v) is 17.4. The molecule has 1 saturated heterocycles. The molecule has 3 aromatic rings. The van der Waals surface area contributed by atoms with E-state index in [1.807, 2.05) is 42.5 Å². The molecule has 0 unspecified atom stereocenters. The summed E-state index contributed by atoms with van der Waals surface area (Å²) in [6, 6.07) is 13.6. The third-order valence-electron chi connectivity index (χ3n) is 5.09. The number of amides is 2. The molecule has 2 amide bonds. The van der Waals surface area contributed by atoms with E-state index >= 15 is 0 Å². The monoisotopic (exact) mass is 424 g/mol. The average molecular weight is 425 g/mol. The van der Waals surface area contributed by atoms with Crippen molar-refractivity contribution in [3.05, 3.63) is 59.6 Å². The highest BCUT2D eigenvalue weighted by Crippen LogP contribution is 2.17. The van der Waals surface area contributed by atoms with E-state index < -0.39 is 0 Å². The van der Waals surface area contributed by atoms with Crippen LogP contribution in [-0.2, 0) is 9.53 Å². The second kappa shape index (κ2) is 9.80. The molecule has 1 N–H and O–H groups in total. The first-order chi connectivity index (χ1) is 14.7. The molecule has 2 heterocycles. The minimum atomic E-state index is -0.249. The van der Waals surface area contributed by atoms with Gasteiger partial charge in [0.1, 0.15) is 6.54 Å². The lowest BCUT2D eigenvalue weighted by atomic mass is 10.1. The number of hydrogen-bond acceptors (Lipinski definition) is 6. The molecular formula is C22H24N4O3S. The molecule has 8 heteroatoms. The van der Waals surface area contributed by atoms with Gasteiger partial charge in [-0.25, -0.2) is 4.98 Å². The largest absolute Gasteiger partial charge is 0.379 e. The van der Waals surface area contributed by atoms with Crippen LogP contribution in [0.2, 0.25) is 0 Å². The van der Waals surface area contributed by atoms with Crippen LogP contribution >= 0.6 is 11.3 Å². The molecule has 1 aromatic heterocycles. The van der Waals surface area contributed by atoms with Crippen molar-refractivity contribution >= 4 is 39.1 Å². The van der Waals surface area contributed by atoms with Crippen molar-refractivity contribution in [3.8, 4) is 0 Å². The molecule has 0 spiro atoms. The highest BCUT2D eigenvalue weighted by molar-refractivity contribution is 7.13. The Hall–Kier alpha value is -2.81. The molecule has 0 aliphatic carbocycles. The van der Waals surface area contributed by atoms with Crippen LogP contribution in [0.15, 0.2) is 54.0 Å². The van der Waals surface area contributed by atoms with Crippen molar-refractivity contribution in [2.75, 3.05) is 51.3 Å². The minimum Gasteiger partial charge on any atom is -0.379 e. The predicted molar refractivity (Wildman–Crippen MR) is 118 cm³/mol. The van der Waals surface area contributed by atoms with Crippen LogP contribution in [0.25, 0.3) is 10.8 Å². The number of thiazole rings is 1. The van der Waals surface area contributed by atoms with Gasteiger partial charge in [0.2, 0.25) is 5.91 Å². The number of aromatic nitrogens is 1. The Labute approximate surface area is 179 Å². The van der Waals surface area contributed by atoms with E-state index in [1.54, 1.807) is 16.5 Å². The molecule has 0 bridgehead atoms. The van der Waals surface area contributed by atoms with Crippen molar-refractivity contribution in [1.82, 2.24) is 14.8 Å². The Morgan fingerprint density at radius 2 is 1.93 bits per heavy atom. The molecule has 7 nitrogen and oxygen atoms in total. The van der Waals surface area contributed by atoms with Crippen LogP contribution in [-0.4, -0.2) is 72.5 Å². The Balaban J connectivity index is 1.49. The highest BCUT2D eigenvalue weighted by atomic mass is 32.1. The van der Waals surface area contributed by atoms with E-state index in [-0.39, 0.29) is 18.4 Å². The second-order valence-electron chi connectivity index (χ2n) is 7.13. The van der Waals surface area contributed by atoms with Gasteiger partial charge in [-0.15, -0.1) is 11.3 Å².